The SMILES string of the molecule is C[C@@H]1CC(C)(C)N(Cc2ccccc2)c2ccc(C3C4=C(CC(C)(C)CC4=O)NC4=C3C(=O)CC(C)(C)C4)cc21. The summed E-state index contributed by atoms with van der Waals surface area (Å²) in [4.78, 5) is 30.1. The van der Waals surface area contributed by atoms with Gasteiger partial charge in [-0.15, -0.1) is 0 Å². The number of nitrogens with zero attached hydrogens (tertiary/aromatic N) is 1. The van der Waals surface area contributed by atoms with E-state index in [1.807, 2.05) is 0 Å². The second-order valence-electron chi connectivity index (χ2n) is 15.0. The third-order valence-electron chi connectivity index (χ3n) is 9.65. The smallest absolute Gasteiger partial charge is 0.162 e. The average molecular weight is 537 g/mol. The molecule has 0 saturated heterocycles. The molecule has 0 spiro atoms. The Balaban J connectivity index is 1.49. The normalized spacial score (nSPS) is 25.3. The van der Waals surface area contributed by atoms with E-state index in [9.17, 15) is 9.59 Å². The molecule has 1 atom stereocenters. The van der Waals surface area contributed by atoms with E-state index >= 15 is 0 Å². The van der Waals surface area contributed by atoms with Gasteiger partial charge in [-0.25, -0.2) is 0 Å². The minimum Gasteiger partial charge on any atom is -0.362 e. The Bertz CT molecular complexity index is 1400. The number of benzene rings is 2. The summed E-state index contributed by atoms with van der Waals surface area (Å²) in [5.74, 6) is 0.465. The van der Waals surface area contributed by atoms with Crippen molar-refractivity contribution in [2.24, 2.45) is 10.8 Å². The summed E-state index contributed by atoms with van der Waals surface area (Å²) in [5.41, 5.74) is 8.54. The fourth-order valence-electron chi connectivity index (χ4n) is 7.98. The monoisotopic (exact) mass is 536 g/mol. The number of carbonyl (C=O) groups is 2. The summed E-state index contributed by atoms with van der Waals surface area (Å²) in [6, 6.07) is 17.5. The van der Waals surface area contributed by atoms with Gasteiger partial charge < -0.3 is 10.2 Å². The first-order valence-corrected chi connectivity index (χ1v) is 15.0. The van der Waals surface area contributed by atoms with E-state index in [0.717, 1.165) is 53.9 Å². The molecule has 0 saturated carbocycles. The van der Waals surface area contributed by atoms with E-state index in [1.54, 1.807) is 0 Å². The van der Waals surface area contributed by atoms with Crippen molar-refractivity contribution in [1.29, 1.82) is 0 Å². The Kier molecular flexibility index (Phi) is 6.22. The zero-order chi connectivity index (χ0) is 28.6. The third-order valence-corrected chi connectivity index (χ3v) is 9.65. The van der Waals surface area contributed by atoms with Crippen molar-refractivity contribution in [2.45, 2.75) is 104 Å². The number of carbonyl (C=O) groups excluding carboxylic acids is 2. The summed E-state index contributed by atoms with van der Waals surface area (Å²) in [5, 5.41) is 3.65. The van der Waals surface area contributed by atoms with Gasteiger partial charge >= 0.3 is 0 Å². The Labute approximate surface area is 239 Å². The lowest BCUT2D eigenvalue weighted by Gasteiger charge is -2.48. The number of allylic oxidation sites excluding steroid dienone is 4. The number of anilines is 1. The van der Waals surface area contributed by atoms with Gasteiger partial charge in [0, 0.05) is 59.1 Å². The predicted molar refractivity (Wildman–Crippen MR) is 162 cm³/mol. The van der Waals surface area contributed by atoms with Crippen LogP contribution in [0.1, 0.15) is 109 Å². The first-order valence-electron chi connectivity index (χ1n) is 15.0. The quantitative estimate of drug-likeness (QED) is 0.432. The molecule has 2 aromatic carbocycles. The van der Waals surface area contributed by atoms with Gasteiger partial charge in [0.15, 0.2) is 11.6 Å². The van der Waals surface area contributed by atoms with E-state index in [0.29, 0.717) is 18.8 Å². The van der Waals surface area contributed by atoms with Crippen LogP contribution in [0.25, 0.3) is 0 Å². The summed E-state index contributed by atoms with van der Waals surface area (Å²) >= 11 is 0. The van der Waals surface area contributed by atoms with Gasteiger partial charge in [0.25, 0.3) is 0 Å². The maximum atomic E-state index is 13.8. The van der Waals surface area contributed by atoms with Crippen molar-refractivity contribution in [3.8, 4) is 0 Å². The van der Waals surface area contributed by atoms with Crippen molar-refractivity contribution in [1.82, 2.24) is 5.32 Å². The molecule has 0 aromatic heterocycles. The van der Waals surface area contributed by atoms with Crippen molar-refractivity contribution in [3.05, 3.63) is 87.8 Å². The average Bonchev–Trinajstić information content (AvgIpc) is 2.84. The maximum Gasteiger partial charge on any atom is 0.162 e. The van der Waals surface area contributed by atoms with E-state index < -0.39 is 0 Å². The number of dihydropyridines is 1. The predicted octanol–water partition coefficient (Wildman–Crippen LogP) is 7.95. The van der Waals surface area contributed by atoms with Crippen molar-refractivity contribution >= 4 is 17.3 Å². The molecule has 2 aliphatic carbocycles. The number of ketones is 2. The largest absolute Gasteiger partial charge is 0.362 e. The van der Waals surface area contributed by atoms with Gasteiger partial charge in [-0.3, -0.25) is 9.59 Å². The van der Waals surface area contributed by atoms with Gasteiger partial charge in [0.1, 0.15) is 0 Å². The molecule has 4 heteroatoms. The van der Waals surface area contributed by atoms with Gasteiger partial charge in [-0.05, 0) is 72.6 Å². The molecule has 0 radical (unpaired) electrons. The standard InChI is InChI=1S/C36H44N2O2/c1-22-16-36(6,7)38(21-23-11-9-8-10-12-23)28-14-13-24(15-25(22)28)31-32-26(17-34(2,3)19-29(32)39)37-27-18-35(4,5)20-30(40)33(27)31/h8-15,22,31,37H,16-21H2,1-7H3/t22-/m1/s1. The summed E-state index contributed by atoms with van der Waals surface area (Å²) < 4.78 is 0. The highest BCUT2D eigenvalue weighted by Gasteiger charge is 2.47. The minimum atomic E-state index is -0.284. The molecule has 6 rings (SSSR count). The number of hydrogen-bond acceptors (Lipinski definition) is 4. The number of Topliss-reactive ketones (excluding diaryl/α,β-unsaturated/α-hetero) is 2. The van der Waals surface area contributed by atoms with E-state index in [1.165, 1.54) is 16.8 Å². The number of rotatable bonds is 3. The summed E-state index contributed by atoms with van der Waals surface area (Å²) in [6.07, 6.45) is 3.75. The fourth-order valence-corrected chi connectivity index (χ4v) is 7.98. The van der Waals surface area contributed by atoms with Crippen molar-refractivity contribution in [3.63, 3.8) is 0 Å². The van der Waals surface area contributed by atoms with Crippen LogP contribution in [0.5, 0.6) is 0 Å². The molecule has 4 nitrogen and oxygen atoms in total. The van der Waals surface area contributed by atoms with Crippen LogP contribution in [0.15, 0.2) is 71.1 Å². The Morgan fingerprint density at radius 2 is 1.38 bits per heavy atom. The number of nitrogens with one attached hydrogen (secondary N) is 1. The van der Waals surface area contributed by atoms with Crippen LogP contribution in [0.4, 0.5) is 5.69 Å². The number of fused-ring (bicyclic) bond motifs is 1. The molecule has 0 amide bonds. The Hall–Kier alpha value is -3.14. The first kappa shape index (κ1) is 27.1. The van der Waals surface area contributed by atoms with Crippen LogP contribution in [0.2, 0.25) is 0 Å². The molecule has 0 bridgehead atoms. The molecule has 210 valence electrons. The molecule has 0 fully saturated rings. The van der Waals surface area contributed by atoms with Crippen LogP contribution in [0.3, 0.4) is 0 Å². The highest BCUT2D eigenvalue weighted by molar-refractivity contribution is 6.06. The molecule has 2 aromatic rings. The third kappa shape index (κ3) is 4.63. The van der Waals surface area contributed by atoms with Crippen LogP contribution >= 0.6 is 0 Å². The second-order valence-corrected chi connectivity index (χ2v) is 15.0. The van der Waals surface area contributed by atoms with Crippen LogP contribution < -0.4 is 10.2 Å². The maximum absolute atomic E-state index is 13.8. The summed E-state index contributed by atoms with van der Waals surface area (Å²) in [6.45, 7) is 16.6. The molecular formula is C36H44N2O2. The molecule has 4 aliphatic rings. The molecule has 40 heavy (non-hydrogen) atoms. The lowest BCUT2D eigenvalue weighted by molar-refractivity contribution is -0.119. The number of hydrogen-bond donors (Lipinski definition) is 1. The van der Waals surface area contributed by atoms with Crippen LogP contribution in [-0.2, 0) is 16.1 Å². The van der Waals surface area contributed by atoms with Crippen molar-refractivity contribution < 1.29 is 9.59 Å². The first-order chi connectivity index (χ1) is 18.7. The van der Waals surface area contributed by atoms with E-state index in [2.05, 4.69) is 107 Å². The van der Waals surface area contributed by atoms with Gasteiger partial charge in [0.05, 0.1) is 0 Å². The van der Waals surface area contributed by atoms with Crippen LogP contribution in [0, 0.1) is 10.8 Å². The second kappa shape index (κ2) is 9.19. The van der Waals surface area contributed by atoms with Gasteiger partial charge in [-0.2, -0.15) is 0 Å². The van der Waals surface area contributed by atoms with E-state index in [4.69, 9.17) is 0 Å². The molecule has 0 unspecified atom stereocenters. The highest BCUT2D eigenvalue weighted by atomic mass is 16.1. The lowest BCUT2D eigenvalue weighted by Crippen LogP contribution is -2.48. The molecule has 1 N–H and O–H groups in total. The Morgan fingerprint density at radius 3 is 1.95 bits per heavy atom. The topological polar surface area (TPSA) is 49.4 Å². The highest BCUT2D eigenvalue weighted by Crippen LogP contribution is 2.52. The minimum absolute atomic E-state index is 0.0137. The van der Waals surface area contributed by atoms with Gasteiger partial charge in [-0.1, -0.05) is 77.1 Å². The zero-order valence-corrected chi connectivity index (χ0v) is 25.3. The molecule has 2 aliphatic heterocycles. The fraction of sp³-hybridized carbons (Fsp3) is 0.500. The zero-order valence-electron chi connectivity index (χ0n) is 25.3. The summed E-state index contributed by atoms with van der Waals surface area (Å²) in [7, 11) is 0. The van der Waals surface area contributed by atoms with Crippen molar-refractivity contribution in [2.75, 3.05) is 4.90 Å². The lowest BCUT2D eigenvalue weighted by atomic mass is 9.64. The van der Waals surface area contributed by atoms with E-state index in [-0.39, 0.29) is 33.9 Å². The molecular weight excluding hydrogens is 492 g/mol. The van der Waals surface area contributed by atoms with Crippen LogP contribution in [-0.4, -0.2) is 17.1 Å². The molecule has 2 heterocycles. The Morgan fingerprint density at radius 1 is 0.800 bits per heavy atom. The van der Waals surface area contributed by atoms with Gasteiger partial charge in [0.2, 0.25) is 0 Å².